The number of amides is 2. The van der Waals surface area contributed by atoms with E-state index in [0.29, 0.717) is 35.8 Å². The monoisotopic (exact) mass is 564 g/mol. The largest absolute Gasteiger partial charge is 0.491 e. The molecule has 0 saturated heterocycles. The van der Waals surface area contributed by atoms with Gasteiger partial charge in [-0.05, 0) is 100 Å². The molecule has 42 heavy (non-hydrogen) atoms. The zero-order chi connectivity index (χ0) is 29.5. The molecule has 0 radical (unpaired) electrons. The number of anilines is 2. The molecule has 4 aromatic rings. The van der Waals surface area contributed by atoms with Gasteiger partial charge in [0, 0.05) is 35.1 Å². The summed E-state index contributed by atoms with van der Waals surface area (Å²) in [5, 5.41) is 2.97. The molecular formula is C34H36N4O4. The van der Waals surface area contributed by atoms with Crippen molar-refractivity contribution in [3.63, 3.8) is 0 Å². The van der Waals surface area contributed by atoms with Crippen molar-refractivity contribution in [3.05, 3.63) is 114 Å². The number of aryl methyl sites for hydroxylation is 1. The Balaban J connectivity index is 1.18. The van der Waals surface area contributed by atoms with Gasteiger partial charge in [-0.1, -0.05) is 24.3 Å². The van der Waals surface area contributed by atoms with Crippen molar-refractivity contribution >= 4 is 23.2 Å². The van der Waals surface area contributed by atoms with E-state index in [0.717, 1.165) is 42.1 Å². The Morgan fingerprint density at radius 1 is 0.881 bits per heavy atom. The van der Waals surface area contributed by atoms with Crippen LogP contribution in [0.1, 0.15) is 44.8 Å². The number of hydrogen-bond acceptors (Lipinski definition) is 6. The number of para-hydroxylation sites is 1. The summed E-state index contributed by atoms with van der Waals surface area (Å²) in [6.45, 7) is 3.64. The fourth-order valence-corrected chi connectivity index (χ4v) is 4.43. The molecule has 1 saturated carbocycles. The van der Waals surface area contributed by atoms with Gasteiger partial charge >= 0.3 is 0 Å². The summed E-state index contributed by atoms with van der Waals surface area (Å²) in [6.07, 6.45) is 3.67. The number of likely N-dealkylation sites (N-methyl/N-ethyl adjacent to an activating group) is 1. The van der Waals surface area contributed by atoms with Crippen LogP contribution in [0, 0.1) is 6.92 Å². The molecule has 8 heteroatoms. The predicted octanol–water partition coefficient (Wildman–Crippen LogP) is 5.97. The number of pyridine rings is 1. The number of nitrogens with one attached hydrogen (secondary N) is 1. The normalized spacial score (nSPS) is 12.6. The van der Waals surface area contributed by atoms with Crippen molar-refractivity contribution in [3.8, 4) is 11.5 Å². The van der Waals surface area contributed by atoms with Gasteiger partial charge in [0.1, 0.15) is 24.7 Å². The molecule has 216 valence electrons. The molecule has 1 fully saturated rings. The van der Waals surface area contributed by atoms with Gasteiger partial charge in [-0.3, -0.25) is 14.6 Å². The number of nitrogens with zero attached hydrogens (tertiary/aromatic N) is 3. The van der Waals surface area contributed by atoms with Crippen LogP contribution in [0.4, 0.5) is 11.4 Å². The first-order valence-corrected chi connectivity index (χ1v) is 14.1. The summed E-state index contributed by atoms with van der Waals surface area (Å²) in [5.41, 5.74) is 4.16. The number of rotatable bonds is 12. The molecule has 1 N–H and O–H groups in total. The number of benzene rings is 3. The maximum atomic E-state index is 13.5. The van der Waals surface area contributed by atoms with Crippen LogP contribution in [0.5, 0.6) is 11.5 Å². The van der Waals surface area contributed by atoms with Gasteiger partial charge in [-0.15, -0.1) is 0 Å². The quantitative estimate of drug-likeness (QED) is 0.228. The van der Waals surface area contributed by atoms with Gasteiger partial charge in [0.15, 0.2) is 0 Å². The predicted molar refractivity (Wildman–Crippen MR) is 164 cm³/mol. The minimum Gasteiger partial charge on any atom is -0.491 e. The third-order valence-corrected chi connectivity index (χ3v) is 7.01. The van der Waals surface area contributed by atoms with Crippen LogP contribution >= 0.6 is 0 Å². The number of carbonyl (C=O) groups excluding carboxylic acids is 2. The summed E-state index contributed by atoms with van der Waals surface area (Å²) < 4.78 is 11.5. The second-order valence-electron chi connectivity index (χ2n) is 10.7. The highest BCUT2D eigenvalue weighted by Crippen LogP contribution is 2.33. The smallest absolute Gasteiger partial charge is 0.258 e. The lowest BCUT2D eigenvalue weighted by Gasteiger charge is -2.23. The highest BCUT2D eigenvalue weighted by Gasteiger charge is 2.34. The van der Waals surface area contributed by atoms with E-state index in [9.17, 15) is 9.59 Å². The van der Waals surface area contributed by atoms with Crippen LogP contribution < -0.4 is 19.7 Å². The topological polar surface area (TPSA) is 84.0 Å². The fourth-order valence-electron chi connectivity index (χ4n) is 4.43. The van der Waals surface area contributed by atoms with Crippen molar-refractivity contribution in [2.45, 2.75) is 32.4 Å². The molecule has 8 nitrogen and oxygen atoms in total. The minimum atomic E-state index is -0.261. The lowest BCUT2D eigenvalue weighted by atomic mass is 10.1. The summed E-state index contributed by atoms with van der Waals surface area (Å²) in [7, 11) is 4.00. The summed E-state index contributed by atoms with van der Waals surface area (Å²) in [6, 6.07) is 26.1. The zero-order valence-electron chi connectivity index (χ0n) is 24.2. The maximum absolute atomic E-state index is 13.5. The highest BCUT2D eigenvalue weighted by molar-refractivity contribution is 6.09. The maximum Gasteiger partial charge on any atom is 0.258 e. The van der Waals surface area contributed by atoms with Gasteiger partial charge < -0.3 is 24.6 Å². The number of hydrogen-bond donors (Lipinski definition) is 1. The van der Waals surface area contributed by atoms with Crippen LogP contribution in [0.25, 0.3) is 0 Å². The van der Waals surface area contributed by atoms with E-state index in [2.05, 4.69) is 15.2 Å². The Morgan fingerprint density at radius 3 is 2.26 bits per heavy atom. The van der Waals surface area contributed by atoms with Crippen LogP contribution in [-0.4, -0.2) is 55.0 Å². The third-order valence-electron chi connectivity index (χ3n) is 7.01. The Bertz CT molecular complexity index is 1500. The third kappa shape index (κ3) is 7.53. The van der Waals surface area contributed by atoms with Gasteiger partial charge in [-0.2, -0.15) is 0 Å². The molecular weight excluding hydrogens is 528 g/mol. The molecule has 5 rings (SSSR count). The molecule has 0 spiro atoms. The fraction of sp³-hybridized carbons (Fsp3) is 0.265. The lowest BCUT2D eigenvalue weighted by Crippen LogP contribution is -2.33. The van der Waals surface area contributed by atoms with Crippen molar-refractivity contribution in [1.29, 1.82) is 0 Å². The van der Waals surface area contributed by atoms with E-state index in [4.69, 9.17) is 9.47 Å². The summed E-state index contributed by atoms with van der Waals surface area (Å²) >= 11 is 0. The molecule has 3 aromatic carbocycles. The van der Waals surface area contributed by atoms with E-state index in [1.165, 1.54) is 0 Å². The molecule has 2 amide bonds. The van der Waals surface area contributed by atoms with Crippen LogP contribution in [0.3, 0.4) is 0 Å². The number of aromatic nitrogens is 1. The van der Waals surface area contributed by atoms with Gasteiger partial charge in [0.05, 0.1) is 11.9 Å². The van der Waals surface area contributed by atoms with Gasteiger partial charge in [0.25, 0.3) is 11.8 Å². The first-order chi connectivity index (χ1) is 20.4. The van der Waals surface area contributed by atoms with Crippen molar-refractivity contribution in [2.75, 3.05) is 37.5 Å². The first-order valence-electron chi connectivity index (χ1n) is 14.1. The molecule has 1 aliphatic rings. The van der Waals surface area contributed by atoms with Crippen molar-refractivity contribution in [1.82, 2.24) is 9.88 Å². The summed E-state index contributed by atoms with van der Waals surface area (Å²) in [5.74, 6) is 1.02. The second kappa shape index (κ2) is 13.3. The van der Waals surface area contributed by atoms with E-state index < -0.39 is 0 Å². The van der Waals surface area contributed by atoms with Crippen LogP contribution in [0.2, 0.25) is 0 Å². The molecule has 1 aromatic heterocycles. The molecule has 1 heterocycles. The minimum absolute atomic E-state index is 0.0679. The van der Waals surface area contributed by atoms with E-state index in [1.807, 2.05) is 80.5 Å². The summed E-state index contributed by atoms with van der Waals surface area (Å²) in [4.78, 5) is 34.9. The average molecular weight is 565 g/mol. The SMILES string of the molecule is Cc1ccc(C(=O)N(c2ccccc2)C2CC2)cc1NC(=O)c1ccc(OCc2ccc(OCCN(C)C)cn2)cc1. The van der Waals surface area contributed by atoms with E-state index in [-0.39, 0.29) is 17.9 Å². The van der Waals surface area contributed by atoms with Gasteiger partial charge in [0.2, 0.25) is 0 Å². The molecule has 1 aliphatic carbocycles. The van der Waals surface area contributed by atoms with Crippen LogP contribution in [0.15, 0.2) is 91.1 Å². The zero-order valence-corrected chi connectivity index (χ0v) is 24.2. The Morgan fingerprint density at radius 2 is 1.60 bits per heavy atom. The molecule has 0 aliphatic heterocycles. The Labute approximate surface area is 246 Å². The van der Waals surface area contributed by atoms with Crippen molar-refractivity contribution in [2.24, 2.45) is 0 Å². The Kier molecular flexibility index (Phi) is 9.14. The highest BCUT2D eigenvalue weighted by atomic mass is 16.5. The number of ether oxygens (including phenoxy) is 2. The molecule has 0 unspecified atom stereocenters. The molecule has 0 atom stereocenters. The van der Waals surface area contributed by atoms with E-state index >= 15 is 0 Å². The average Bonchev–Trinajstić information content (AvgIpc) is 3.84. The van der Waals surface area contributed by atoms with Gasteiger partial charge in [-0.25, -0.2) is 0 Å². The number of carbonyl (C=O) groups is 2. The second-order valence-corrected chi connectivity index (χ2v) is 10.7. The molecule has 0 bridgehead atoms. The standard InChI is InChI=1S/C34H36N4O4/c1-24-9-10-26(34(40)38(29-14-15-29)28-7-5-4-6-8-28)21-32(24)36-33(39)25-11-16-30(17-12-25)42-23-27-13-18-31(22-35-27)41-20-19-37(2)3/h4-13,16-18,21-22,29H,14-15,19-20,23H2,1-3H3,(H,36,39). The first kappa shape index (κ1) is 28.8. The van der Waals surface area contributed by atoms with E-state index in [1.54, 1.807) is 36.5 Å². The lowest BCUT2D eigenvalue weighted by molar-refractivity contribution is 0.0982. The van der Waals surface area contributed by atoms with Crippen molar-refractivity contribution < 1.29 is 19.1 Å². The Hall–Kier alpha value is -4.69. The van der Waals surface area contributed by atoms with Crippen LogP contribution in [-0.2, 0) is 6.61 Å².